The van der Waals surface area contributed by atoms with E-state index in [1.807, 2.05) is 6.92 Å². The summed E-state index contributed by atoms with van der Waals surface area (Å²) < 4.78 is 12.4. The van der Waals surface area contributed by atoms with Crippen molar-refractivity contribution >= 4 is 5.95 Å². The summed E-state index contributed by atoms with van der Waals surface area (Å²) in [6.07, 6.45) is 3.03. The molecule has 0 radical (unpaired) electrons. The van der Waals surface area contributed by atoms with Gasteiger partial charge in [0.15, 0.2) is 0 Å². The Hall–Kier alpha value is -1.07. The summed E-state index contributed by atoms with van der Waals surface area (Å²) in [5.74, 6) is 0.894. The van der Waals surface area contributed by atoms with Crippen LogP contribution in [0.15, 0.2) is 6.20 Å². The third-order valence-corrected chi connectivity index (χ3v) is 2.60. The average molecular weight is 255 g/mol. The zero-order chi connectivity index (χ0) is 13.6. The molecule has 0 spiro atoms. The van der Waals surface area contributed by atoms with Crippen LogP contribution in [0, 0.1) is 6.92 Å². The van der Waals surface area contributed by atoms with E-state index in [1.54, 1.807) is 14.2 Å². The Labute approximate surface area is 109 Å². The highest BCUT2D eigenvalue weighted by molar-refractivity contribution is 5.32. The summed E-state index contributed by atoms with van der Waals surface area (Å²) in [4.78, 5) is 4.51. The van der Waals surface area contributed by atoms with E-state index in [1.165, 1.54) is 0 Å². The molecule has 1 aromatic rings. The first-order valence-electron chi connectivity index (χ1n) is 6.28. The van der Waals surface area contributed by atoms with Gasteiger partial charge < -0.3 is 19.4 Å². The van der Waals surface area contributed by atoms with Gasteiger partial charge in [0, 0.05) is 33.6 Å². The number of nitrogens with one attached hydrogen (secondary N) is 1. The minimum absolute atomic E-state index is 0.133. The van der Waals surface area contributed by atoms with Gasteiger partial charge in [-0.25, -0.2) is 4.98 Å². The van der Waals surface area contributed by atoms with E-state index in [4.69, 9.17) is 9.47 Å². The molecule has 0 atom stereocenters. The number of hydrogen-bond donors (Lipinski definition) is 1. The Bertz CT molecular complexity index is 361. The van der Waals surface area contributed by atoms with Crippen LogP contribution in [0.1, 0.15) is 26.0 Å². The van der Waals surface area contributed by atoms with Gasteiger partial charge in [-0.15, -0.1) is 0 Å². The Morgan fingerprint density at radius 2 is 2.06 bits per heavy atom. The minimum Gasteiger partial charge on any atom is -0.385 e. The molecule has 1 rings (SSSR count). The van der Waals surface area contributed by atoms with Crippen LogP contribution in [-0.4, -0.2) is 42.5 Å². The van der Waals surface area contributed by atoms with Crippen molar-refractivity contribution in [3.8, 4) is 0 Å². The van der Waals surface area contributed by atoms with E-state index in [2.05, 4.69) is 34.9 Å². The molecule has 0 aliphatic heterocycles. The number of aryl methyl sites for hydroxylation is 2. The van der Waals surface area contributed by atoms with Crippen molar-refractivity contribution < 1.29 is 9.47 Å². The molecule has 1 aromatic heterocycles. The van der Waals surface area contributed by atoms with E-state index in [0.717, 1.165) is 31.2 Å². The molecule has 104 valence electrons. The summed E-state index contributed by atoms with van der Waals surface area (Å²) in [6, 6.07) is 0. The molecule has 1 N–H and O–H groups in total. The maximum Gasteiger partial charge on any atom is 0.203 e. The minimum atomic E-state index is -0.133. The number of rotatable bonds is 8. The van der Waals surface area contributed by atoms with Gasteiger partial charge in [-0.2, -0.15) is 0 Å². The number of methoxy groups -OCH3 is 2. The van der Waals surface area contributed by atoms with Crippen molar-refractivity contribution in [1.29, 1.82) is 0 Å². The zero-order valence-electron chi connectivity index (χ0n) is 12.1. The van der Waals surface area contributed by atoms with Gasteiger partial charge >= 0.3 is 0 Å². The van der Waals surface area contributed by atoms with Gasteiger partial charge in [-0.3, -0.25) is 0 Å². The van der Waals surface area contributed by atoms with Crippen LogP contribution in [0.4, 0.5) is 5.95 Å². The Morgan fingerprint density at radius 3 is 2.67 bits per heavy atom. The predicted molar refractivity (Wildman–Crippen MR) is 73.0 cm³/mol. The Morgan fingerprint density at radius 1 is 1.33 bits per heavy atom. The maximum absolute atomic E-state index is 5.20. The lowest BCUT2D eigenvalue weighted by Crippen LogP contribution is -2.37. The van der Waals surface area contributed by atoms with Crippen LogP contribution in [0.2, 0.25) is 0 Å². The highest BCUT2D eigenvalue weighted by Crippen LogP contribution is 2.16. The fourth-order valence-corrected chi connectivity index (χ4v) is 1.90. The van der Waals surface area contributed by atoms with Crippen molar-refractivity contribution in [2.75, 3.05) is 32.8 Å². The van der Waals surface area contributed by atoms with Gasteiger partial charge in [0.25, 0.3) is 0 Å². The lowest BCUT2D eigenvalue weighted by Gasteiger charge is -2.26. The lowest BCUT2D eigenvalue weighted by atomic mass is 10.1. The van der Waals surface area contributed by atoms with Crippen molar-refractivity contribution in [3.05, 3.63) is 11.9 Å². The van der Waals surface area contributed by atoms with E-state index >= 15 is 0 Å². The fourth-order valence-electron chi connectivity index (χ4n) is 1.90. The van der Waals surface area contributed by atoms with E-state index in [9.17, 15) is 0 Å². The van der Waals surface area contributed by atoms with E-state index in [-0.39, 0.29) is 5.54 Å². The number of aromatic nitrogens is 2. The molecule has 0 saturated carbocycles. The molecule has 5 heteroatoms. The number of ether oxygens (including phenoxy) is 2. The largest absolute Gasteiger partial charge is 0.385 e. The van der Waals surface area contributed by atoms with Gasteiger partial charge in [-0.05, 0) is 27.2 Å². The summed E-state index contributed by atoms with van der Waals surface area (Å²) in [6.45, 7) is 8.50. The molecule has 5 nitrogen and oxygen atoms in total. The van der Waals surface area contributed by atoms with E-state index < -0.39 is 0 Å². The molecule has 0 bridgehead atoms. The monoisotopic (exact) mass is 255 g/mol. The highest BCUT2D eigenvalue weighted by atomic mass is 16.5. The van der Waals surface area contributed by atoms with Crippen LogP contribution < -0.4 is 5.32 Å². The van der Waals surface area contributed by atoms with Crippen LogP contribution in [-0.2, 0) is 16.0 Å². The first kappa shape index (κ1) is 15.0. The Balaban J connectivity index is 2.69. The smallest absolute Gasteiger partial charge is 0.203 e. The van der Waals surface area contributed by atoms with Crippen LogP contribution in [0.3, 0.4) is 0 Å². The summed E-state index contributed by atoms with van der Waals surface area (Å²) in [7, 11) is 3.43. The molecule has 0 unspecified atom stereocenters. The first-order valence-corrected chi connectivity index (χ1v) is 6.28. The second kappa shape index (κ2) is 6.75. The summed E-state index contributed by atoms with van der Waals surface area (Å²) in [5.41, 5.74) is 0.883. The topological polar surface area (TPSA) is 48.3 Å². The van der Waals surface area contributed by atoms with Crippen molar-refractivity contribution in [1.82, 2.24) is 9.55 Å². The number of anilines is 1. The molecule has 0 aliphatic carbocycles. The zero-order valence-corrected chi connectivity index (χ0v) is 12.1. The predicted octanol–water partition coefficient (Wildman–Crippen LogP) is 2.06. The molecular weight excluding hydrogens is 230 g/mol. The molecule has 18 heavy (non-hydrogen) atoms. The molecular formula is C13H25N3O2. The molecule has 0 aromatic carbocycles. The van der Waals surface area contributed by atoms with Gasteiger partial charge in [-0.1, -0.05) is 0 Å². The lowest BCUT2D eigenvalue weighted by molar-refractivity contribution is 0.157. The normalized spacial score (nSPS) is 11.8. The SMILES string of the molecule is COCCCn1cc(C)nc1NC(C)(C)COC. The standard InChI is InChI=1S/C13H25N3O2/c1-11-9-16(7-6-8-17-4)12(14-11)15-13(2,3)10-18-5/h9H,6-8,10H2,1-5H3,(H,14,15). The highest BCUT2D eigenvalue weighted by Gasteiger charge is 2.19. The quantitative estimate of drug-likeness (QED) is 0.722. The van der Waals surface area contributed by atoms with Crippen LogP contribution in [0.5, 0.6) is 0 Å². The van der Waals surface area contributed by atoms with Gasteiger partial charge in [0.2, 0.25) is 5.95 Å². The number of hydrogen-bond acceptors (Lipinski definition) is 4. The van der Waals surface area contributed by atoms with Crippen molar-refractivity contribution in [3.63, 3.8) is 0 Å². The third kappa shape index (κ3) is 4.66. The molecule has 0 amide bonds. The van der Waals surface area contributed by atoms with Crippen LogP contribution in [0.25, 0.3) is 0 Å². The number of nitrogens with zero attached hydrogens (tertiary/aromatic N) is 2. The second-order valence-corrected chi connectivity index (χ2v) is 5.19. The van der Waals surface area contributed by atoms with Crippen LogP contribution >= 0.6 is 0 Å². The first-order chi connectivity index (χ1) is 8.48. The second-order valence-electron chi connectivity index (χ2n) is 5.19. The average Bonchev–Trinajstić information content (AvgIpc) is 2.58. The molecule has 0 aliphatic rings. The number of imidazole rings is 1. The van der Waals surface area contributed by atoms with Crippen molar-refractivity contribution in [2.45, 2.75) is 39.3 Å². The van der Waals surface area contributed by atoms with E-state index in [0.29, 0.717) is 6.61 Å². The van der Waals surface area contributed by atoms with Gasteiger partial charge in [0.1, 0.15) is 0 Å². The maximum atomic E-state index is 5.20. The molecule has 1 heterocycles. The third-order valence-electron chi connectivity index (χ3n) is 2.60. The summed E-state index contributed by atoms with van der Waals surface area (Å²) in [5, 5.41) is 3.42. The molecule has 0 fully saturated rings. The Kier molecular flexibility index (Phi) is 5.62. The molecule has 0 saturated heterocycles. The van der Waals surface area contributed by atoms with Crippen molar-refractivity contribution in [2.24, 2.45) is 0 Å². The van der Waals surface area contributed by atoms with Gasteiger partial charge in [0.05, 0.1) is 17.8 Å². The fraction of sp³-hybridized carbons (Fsp3) is 0.769. The summed E-state index contributed by atoms with van der Waals surface area (Å²) >= 11 is 0.